The lowest BCUT2D eigenvalue weighted by Crippen LogP contribution is -2.27. The molecule has 0 spiro atoms. The maximum atomic E-state index is 13.0. The average Bonchev–Trinajstić information content (AvgIpc) is 2.83. The highest BCUT2D eigenvalue weighted by Crippen LogP contribution is 2.33. The van der Waals surface area contributed by atoms with Gasteiger partial charge in [-0.1, -0.05) is 29.8 Å². The summed E-state index contributed by atoms with van der Waals surface area (Å²) in [4.78, 5) is 24.0. The molecule has 1 aliphatic heterocycles. The van der Waals surface area contributed by atoms with Gasteiger partial charge in [-0.3, -0.25) is 9.59 Å². The van der Waals surface area contributed by atoms with Crippen LogP contribution >= 0.6 is 11.6 Å². The summed E-state index contributed by atoms with van der Waals surface area (Å²) >= 11 is 5.86. The third-order valence-electron chi connectivity index (χ3n) is 3.80. The molecule has 1 aliphatic rings. The van der Waals surface area contributed by atoms with Crippen LogP contribution in [0.4, 0.5) is 10.1 Å². The van der Waals surface area contributed by atoms with Crippen molar-refractivity contribution >= 4 is 29.1 Å². The van der Waals surface area contributed by atoms with Crippen molar-refractivity contribution in [2.45, 2.75) is 12.3 Å². The molecule has 0 aliphatic carbocycles. The lowest BCUT2D eigenvalue weighted by molar-refractivity contribution is -0.117. The second-order valence-electron chi connectivity index (χ2n) is 5.30. The van der Waals surface area contributed by atoms with Gasteiger partial charge >= 0.3 is 0 Å². The second kappa shape index (κ2) is 6.38. The van der Waals surface area contributed by atoms with E-state index in [0.29, 0.717) is 13.0 Å². The number of carbonyl (C=O) groups excluding carboxylic acids is 2. The number of anilines is 1. The molecule has 6 heteroatoms. The molecule has 0 radical (unpaired) electrons. The van der Waals surface area contributed by atoms with Gasteiger partial charge in [0.05, 0.1) is 16.5 Å². The average molecular weight is 333 g/mol. The Hall–Kier alpha value is -2.40. The molecule has 0 fully saturated rings. The number of hydrogen-bond donors (Lipinski definition) is 2. The van der Waals surface area contributed by atoms with Gasteiger partial charge in [-0.05, 0) is 36.2 Å². The summed E-state index contributed by atoms with van der Waals surface area (Å²) in [5.74, 6) is -1.23. The smallest absolute Gasteiger partial charge is 0.252 e. The van der Waals surface area contributed by atoms with Crippen molar-refractivity contribution in [3.63, 3.8) is 0 Å². The molecule has 4 nitrogen and oxygen atoms in total. The molecule has 0 saturated carbocycles. The maximum absolute atomic E-state index is 13.0. The van der Waals surface area contributed by atoms with Gasteiger partial charge in [-0.15, -0.1) is 0 Å². The highest BCUT2D eigenvalue weighted by Gasteiger charge is 2.29. The molecule has 0 unspecified atom stereocenters. The van der Waals surface area contributed by atoms with Crippen LogP contribution < -0.4 is 10.6 Å². The number of hydrogen-bond acceptors (Lipinski definition) is 2. The van der Waals surface area contributed by atoms with E-state index in [9.17, 15) is 14.0 Å². The van der Waals surface area contributed by atoms with E-state index in [1.54, 1.807) is 0 Å². The topological polar surface area (TPSA) is 58.2 Å². The first-order chi connectivity index (χ1) is 11.1. The van der Waals surface area contributed by atoms with E-state index in [0.717, 1.165) is 17.3 Å². The molecule has 2 N–H and O–H groups in total. The van der Waals surface area contributed by atoms with Crippen molar-refractivity contribution in [1.29, 1.82) is 0 Å². The molecule has 1 heterocycles. The number of fused-ring (bicyclic) bond motifs is 1. The van der Waals surface area contributed by atoms with E-state index < -0.39 is 5.82 Å². The van der Waals surface area contributed by atoms with Crippen LogP contribution in [0.15, 0.2) is 42.5 Å². The molecular formula is C17H14ClFN2O2. The second-order valence-corrected chi connectivity index (χ2v) is 5.71. The molecule has 0 saturated heterocycles. The standard InChI is InChI=1S/C17H14ClFN2O2/c18-14-9-10(19)5-6-13(14)16(22)20-8-7-12-11-3-1-2-4-15(11)21-17(12)23/h1-6,9,12H,7-8H2,(H,20,22)(H,21,23)/t12-/m1/s1. The molecule has 1 atom stereocenters. The van der Waals surface area contributed by atoms with Crippen molar-refractivity contribution in [2.75, 3.05) is 11.9 Å². The zero-order valence-corrected chi connectivity index (χ0v) is 12.9. The fourth-order valence-corrected chi connectivity index (χ4v) is 2.91. The van der Waals surface area contributed by atoms with Crippen molar-refractivity contribution in [3.8, 4) is 0 Å². The van der Waals surface area contributed by atoms with Gasteiger partial charge in [0.25, 0.3) is 5.91 Å². The van der Waals surface area contributed by atoms with Gasteiger partial charge in [0, 0.05) is 12.2 Å². The highest BCUT2D eigenvalue weighted by atomic mass is 35.5. The SMILES string of the molecule is O=C(NCC[C@H]1C(=O)Nc2ccccc21)c1ccc(F)cc1Cl. The Bertz CT molecular complexity index is 779. The number of amides is 2. The maximum Gasteiger partial charge on any atom is 0.252 e. The first-order valence-corrected chi connectivity index (χ1v) is 7.57. The number of halogens is 2. The Morgan fingerprint density at radius 1 is 1.26 bits per heavy atom. The van der Waals surface area contributed by atoms with Gasteiger partial charge in [-0.25, -0.2) is 4.39 Å². The Balaban J connectivity index is 1.61. The van der Waals surface area contributed by atoms with Crippen molar-refractivity contribution in [3.05, 3.63) is 64.4 Å². The van der Waals surface area contributed by atoms with Crippen LogP contribution in [-0.2, 0) is 4.79 Å². The van der Waals surface area contributed by atoms with Crippen LogP contribution in [0.1, 0.15) is 28.3 Å². The number of carbonyl (C=O) groups is 2. The number of benzene rings is 2. The van der Waals surface area contributed by atoms with E-state index in [1.165, 1.54) is 12.1 Å². The predicted molar refractivity (Wildman–Crippen MR) is 86.2 cm³/mol. The highest BCUT2D eigenvalue weighted by molar-refractivity contribution is 6.33. The zero-order chi connectivity index (χ0) is 16.4. The summed E-state index contributed by atoms with van der Waals surface area (Å²) in [6.07, 6.45) is 0.480. The minimum atomic E-state index is -0.495. The Morgan fingerprint density at radius 3 is 2.83 bits per heavy atom. The first kappa shape index (κ1) is 15.5. The molecule has 0 aromatic heterocycles. The van der Waals surface area contributed by atoms with Gasteiger partial charge in [-0.2, -0.15) is 0 Å². The van der Waals surface area contributed by atoms with Gasteiger partial charge in [0.1, 0.15) is 5.82 Å². The quantitative estimate of drug-likeness (QED) is 0.902. The molecule has 2 amide bonds. The Morgan fingerprint density at radius 2 is 2.04 bits per heavy atom. The van der Waals surface area contributed by atoms with Crippen molar-refractivity contribution in [2.24, 2.45) is 0 Å². The molecule has 2 aromatic rings. The van der Waals surface area contributed by atoms with Gasteiger partial charge in [0.15, 0.2) is 0 Å². The van der Waals surface area contributed by atoms with E-state index in [2.05, 4.69) is 10.6 Å². The summed E-state index contributed by atoms with van der Waals surface area (Å²) in [5, 5.41) is 5.59. The number of nitrogens with one attached hydrogen (secondary N) is 2. The predicted octanol–water partition coefficient (Wildman–Crippen LogP) is 3.33. The lowest BCUT2D eigenvalue weighted by atomic mass is 9.97. The zero-order valence-electron chi connectivity index (χ0n) is 12.1. The van der Waals surface area contributed by atoms with Crippen LogP contribution in [0.5, 0.6) is 0 Å². The molecule has 3 rings (SSSR count). The minimum absolute atomic E-state index is 0.0615. The Labute approximate surface area is 137 Å². The summed E-state index contributed by atoms with van der Waals surface area (Å²) in [7, 11) is 0. The van der Waals surface area contributed by atoms with Crippen LogP contribution in [0.25, 0.3) is 0 Å². The summed E-state index contributed by atoms with van der Waals surface area (Å²) in [5.41, 5.74) is 1.96. The monoisotopic (exact) mass is 332 g/mol. The third kappa shape index (κ3) is 3.19. The molecule has 118 valence electrons. The third-order valence-corrected chi connectivity index (χ3v) is 4.12. The van der Waals surface area contributed by atoms with Gasteiger partial charge < -0.3 is 10.6 Å². The fraction of sp³-hybridized carbons (Fsp3) is 0.176. The van der Waals surface area contributed by atoms with Crippen molar-refractivity contribution < 1.29 is 14.0 Å². The number of para-hydroxylation sites is 1. The van der Waals surface area contributed by atoms with E-state index in [1.807, 2.05) is 24.3 Å². The molecule has 23 heavy (non-hydrogen) atoms. The van der Waals surface area contributed by atoms with Crippen LogP contribution in [0, 0.1) is 5.82 Å². The summed E-state index contributed by atoms with van der Waals surface area (Å²) < 4.78 is 13.0. The van der Waals surface area contributed by atoms with Crippen LogP contribution in [0.3, 0.4) is 0 Å². The van der Waals surface area contributed by atoms with E-state index in [-0.39, 0.29) is 28.3 Å². The van der Waals surface area contributed by atoms with E-state index in [4.69, 9.17) is 11.6 Å². The summed E-state index contributed by atoms with van der Waals surface area (Å²) in [6, 6.07) is 11.1. The number of rotatable bonds is 4. The molecule has 2 aromatic carbocycles. The van der Waals surface area contributed by atoms with E-state index >= 15 is 0 Å². The Kier molecular flexibility index (Phi) is 4.30. The largest absolute Gasteiger partial charge is 0.352 e. The van der Waals surface area contributed by atoms with Gasteiger partial charge in [0.2, 0.25) is 5.91 Å². The first-order valence-electron chi connectivity index (χ1n) is 7.19. The molecule has 0 bridgehead atoms. The normalized spacial score (nSPS) is 15.9. The fourth-order valence-electron chi connectivity index (χ4n) is 2.66. The minimum Gasteiger partial charge on any atom is -0.352 e. The van der Waals surface area contributed by atoms with Crippen LogP contribution in [0.2, 0.25) is 5.02 Å². The van der Waals surface area contributed by atoms with Crippen molar-refractivity contribution in [1.82, 2.24) is 5.32 Å². The summed E-state index contributed by atoms with van der Waals surface area (Å²) in [6.45, 7) is 0.318. The van der Waals surface area contributed by atoms with Crippen LogP contribution in [-0.4, -0.2) is 18.4 Å². The molecular weight excluding hydrogens is 319 g/mol. The lowest BCUT2D eigenvalue weighted by Gasteiger charge is -2.10.